The van der Waals surface area contributed by atoms with Gasteiger partial charge in [0.1, 0.15) is 0 Å². The molecule has 1 saturated carbocycles. The molecule has 0 bridgehead atoms. The van der Waals surface area contributed by atoms with Crippen LogP contribution in [0.4, 0.5) is 5.69 Å². The predicted octanol–water partition coefficient (Wildman–Crippen LogP) is 1.91. The molecule has 104 valence electrons. The molecule has 1 fully saturated rings. The van der Waals surface area contributed by atoms with E-state index in [1.807, 2.05) is 0 Å². The van der Waals surface area contributed by atoms with Gasteiger partial charge in [-0.2, -0.15) is 0 Å². The molecule has 1 aliphatic carbocycles. The van der Waals surface area contributed by atoms with Crippen LogP contribution in [0.25, 0.3) is 0 Å². The summed E-state index contributed by atoms with van der Waals surface area (Å²) >= 11 is 0. The van der Waals surface area contributed by atoms with Crippen molar-refractivity contribution in [1.29, 1.82) is 0 Å². The number of anilines is 1. The van der Waals surface area contributed by atoms with E-state index >= 15 is 0 Å². The number of carbonyl (C=O) groups is 1. The first-order chi connectivity index (χ1) is 9.06. The number of amides is 1. The van der Waals surface area contributed by atoms with E-state index in [4.69, 9.17) is 15.2 Å². The van der Waals surface area contributed by atoms with Crippen molar-refractivity contribution < 1.29 is 14.3 Å². The topological polar surface area (TPSA) is 73.6 Å². The zero-order valence-corrected chi connectivity index (χ0v) is 11.4. The highest BCUT2D eigenvalue weighted by Crippen LogP contribution is 2.33. The quantitative estimate of drug-likeness (QED) is 0.852. The summed E-state index contributed by atoms with van der Waals surface area (Å²) < 4.78 is 10.3. The van der Waals surface area contributed by atoms with Gasteiger partial charge in [-0.25, -0.2) is 0 Å². The number of carbonyl (C=O) groups excluding carboxylic acids is 1. The third kappa shape index (κ3) is 3.17. The van der Waals surface area contributed by atoms with E-state index < -0.39 is 0 Å². The number of nitrogens with one attached hydrogen (secondary N) is 1. The molecule has 0 heterocycles. The van der Waals surface area contributed by atoms with Crippen LogP contribution in [0.3, 0.4) is 0 Å². The standard InChI is InChI=1S/C14H20N2O3/c1-18-11-5-4-10(8-12(11)19-2)16-13(17)9-14(15)6-3-7-14/h4-5,8H,3,6-7,9,15H2,1-2H3,(H,16,17). The van der Waals surface area contributed by atoms with E-state index in [1.165, 1.54) is 0 Å². The number of hydrogen-bond donors (Lipinski definition) is 2. The molecule has 5 heteroatoms. The average Bonchev–Trinajstić information content (AvgIpc) is 2.36. The molecule has 1 aromatic rings. The lowest BCUT2D eigenvalue weighted by molar-refractivity contribution is -0.118. The van der Waals surface area contributed by atoms with Gasteiger partial charge in [-0.05, 0) is 31.4 Å². The Hall–Kier alpha value is -1.75. The van der Waals surface area contributed by atoms with Crippen molar-refractivity contribution >= 4 is 11.6 Å². The summed E-state index contributed by atoms with van der Waals surface area (Å²) in [6.07, 6.45) is 3.32. The minimum absolute atomic E-state index is 0.0607. The van der Waals surface area contributed by atoms with Crippen LogP contribution in [0, 0.1) is 0 Å². The molecule has 1 aliphatic rings. The second-order valence-electron chi connectivity index (χ2n) is 5.01. The van der Waals surface area contributed by atoms with Crippen LogP contribution in [0.5, 0.6) is 11.5 Å². The van der Waals surface area contributed by atoms with Crippen LogP contribution in [-0.2, 0) is 4.79 Å². The summed E-state index contributed by atoms with van der Waals surface area (Å²) in [5.74, 6) is 1.16. The van der Waals surface area contributed by atoms with E-state index in [9.17, 15) is 4.79 Å². The van der Waals surface area contributed by atoms with Crippen LogP contribution in [0.15, 0.2) is 18.2 Å². The zero-order valence-electron chi connectivity index (χ0n) is 11.4. The summed E-state index contributed by atoms with van der Waals surface area (Å²) in [7, 11) is 3.14. The molecular formula is C14H20N2O3. The minimum atomic E-state index is -0.305. The fourth-order valence-corrected chi connectivity index (χ4v) is 2.25. The Morgan fingerprint density at radius 3 is 2.53 bits per heavy atom. The molecule has 5 nitrogen and oxygen atoms in total. The second-order valence-corrected chi connectivity index (χ2v) is 5.01. The number of benzene rings is 1. The van der Waals surface area contributed by atoms with Gasteiger partial charge in [0.15, 0.2) is 11.5 Å². The van der Waals surface area contributed by atoms with E-state index in [0.717, 1.165) is 19.3 Å². The highest BCUT2D eigenvalue weighted by atomic mass is 16.5. The maximum atomic E-state index is 11.9. The number of hydrogen-bond acceptors (Lipinski definition) is 4. The van der Waals surface area contributed by atoms with Crippen LogP contribution >= 0.6 is 0 Å². The monoisotopic (exact) mass is 264 g/mol. The van der Waals surface area contributed by atoms with Gasteiger partial charge in [-0.1, -0.05) is 0 Å². The largest absolute Gasteiger partial charge is 0.493 e. The molecule has 3 N–H and O–H groups in total. The maximum Gasteiger partial charge on any atom is 0.226 e. The lowest BCUT2D eigenvalue weighted by atomic mass is 9.75. The van der Waals surface area contributed by atoms with Gasteiger partial charge in [0.2, 0.25) is 5.91 Å². The van der Waals surface area contributed by atoms with Crippen molar-refractivity contribution in [2.45, 2.75) is 31.2 Å². The molecule has 0 radical (unpaired) electrons. The van der Waals surface area contributed by atoms with Crippen LogP contribution in [-0.4, -0.2) is 25.7 Å². The van der Waals surface area contributed by atoms with Crippen LogP contribution in [0.1, 0.15) is 25.7 Å². The Bertz CT molecular complexity index is 470. The van der Waals surface area contributed by atoms with Gasteiger partial charge in [0, 0.05) is 23.7 Å². The zero-order chi connectivity index (χ0) is 13.9. The second kappa shape index (κ2) is 5.48. The number of nitrogens with two attached hydrogens (primary N) is 1. The fourth-order valence-electron chi connectivity index (χ4n) is 2.25. The number of ether oxygens (including phenoxy) is 2. The van der Waals surface area contributed by atoms with Crippen LogP contribution in [0.2, 0.25) is 0 Å². The van der Waals surface area contributed by atoms with E-state index in [1.54, 1.807) is 32.4 Å². The normalized spacial score (nSPS) is 16.4. The molecule has 0 unspecified atom stereocenters. The Kier molecular flexibility index (Phi) is 3.95. The number of methoxy groups -OCH3 is 2. The van der Waals surface area contributed by atoms with Crippen molar-refractivity contribution in [3.63, 3.8) is 0 Å². The molecule has 1 amide bonds. The maximum absolute atomic E-state index is 11.9. The molecule has 0 spiro atoms. The third-order valence-corrected chi connectivity index (χ3v) is 3.53. The molecule has 0 saturated heterocycles. The van der Waals surface area contributed by atoms with Crippen LogP contribution < -0.4 is 20.5 Å². The summed E-state index contributed by atoms with van der Waals surface area (Å²) in [4.78, 5) is 11.9. The first-order valence-electron chi connectivity index (χ1n) is 6.37. The minimum Gasteiger partial charge on any atom is -0.493 e. The first-order valence-corrected chi connectivity index (χ1v) is 6.37. The van der Waals surface area contributed by atoms with Crippen molar-refractivity contribution in [3.05, 3.63) is 18.2 Å². The molecule has 1 aromatic carbocycles. The van der Waals surface area contributed by atoms with E-state index in [2.05, 4.69) is 5.32 Å². The smallest absolute Gasteiger partial charge is 0.226 e. The van der Waals surface area contributed by atoms with E-state index in [0.29, 0.717) is 23.6 Å². The Labute approximate surface area is 113 Å². The fraction of sp³-hybridized carbons (Fsp3) is 0.500. The van der Waals surface area contributed by atoms with Crippen molar-refractivity contribution in [2.24, 2.45) is 5.73 Å². The lowest BCUT2D eigenvalue weighted by Crippen LogP contribution is -2.48. The van der Waals surface area contributed by atoms with Crippen molar-refractivity contribution in [2.75, 3.05) is 19.5 Å². The Morgan fingerprint density at radius 1 is 1.32 bits per heavy atom. The summed E-state index contributed by atoms with van der Waals surface area (Å²) in [6.45, 7) is 0. The summed E-state index contributed by atoms with van der Waals surface area (Å²) in [5.41, 5.74) is 6.43. The lowest BCUT2D eigenvalue weighted by Gasteiger charge is -2.37. The predicted molar refractivity (Wildman–Crippen MR) is 73.6 cm³/mol. The third-order valence-electron chi connectivity index (χ3n) is 3.53. The summed E-state index contributed by atoms with van der Waals surface area (Å²) in [5, 5.41) is 2.84. The van der Waals surface area contributed by atoms with Gasteiger partial charge in [0.25, 0.3) is 0 Å². The summed E-state index contributed by atoms with van der Waals surface area (Å²) in [6, 6.07) is 5.28. The van der Waals surface area contributed by atoms with E-state index in [-0.39, 0.29) is 11.4 Å². The van der Waals surface area contributed by atoms with Crippen molar-refractivity contribution in [1.82, 2.24) is 0 Å². The van der Waals surface area contributed by atoms with Gasteiger partial charge in [-0.3, -0.25) is 4.79 Å². The first kappa shape index (κ1) is 13.7. The van der Waals surface area contributed by atoms with Gasteiger partial charge in [0.05, 0.1) is 14.2 Å². The van der Waals surface area contributed by atoms with Gasteiger partial charge in [-0.15, -0.1) is 0 Å². The molecule has 2 rings (SSSR count). The highest BCUT2D eigenvalue weighted by Gasteiger charge is 2.34. The Balaban J connectivity index is 2.00. The molecular weight excluding hydrogens is 244 g/mol. The highest BCUT2D eigenvalue weighted by molar-refractivity contribution is 5.92. The van der Waals surface area contributed by atoms with Gasteiger partial charge < -0.3 is 20.5 Å². The molecule has 19 heavy (non-hydrogen) atoms. The number of rotatable bonds is 5. The average molecular weight is 264 g/mol. The SMILES string of the molecule is COc1ccc(NC(=O)CC2(N)CCC2)cc1OC. The van der Waals surface area contributed by atoms with Crippen molar-refractivity contribution in [3.8, 4) is 11.5 Å². The molecule has 0 atom stereocenters. The Morgan fingerprint density at radius 2 is 2.00 bits per heavy atom. The van der Waals surface area contributed by atoms with Gasteiger partial charge >= 0.3 is 0 Å². The molecule has 0 aromatic heterocycles. The molecule has 0 aliphatic heterocycles.